The lowest BCUT2D eigenvalue weighted by atomic mass is 10.6. The van der Waals surface area contributed by atoms with E-state index < -0.39 is 0 Å². The summed E-state index contributed by atoms with van der Waals surface area (Å²) in [5, 5.41) is 2.33. The van der Waals surface area contributed by atoms with Crippen molar-refractivity contribution < 1.29 is 14.3 Å². The average molecular weight is 130 g/mol. The zero-order valence-electron chi connectivity index (χ0n) is 4.92. The summed E-state index contributed by atoms with van der Waals surface area (Å²) in [6, 6.07) is 0. The van der Waals surface area contributed by atoms with Crippen LogP contribution in [0.15, 0.2) is 0 Å². The summed E-state index contributed by atoms with van der Waals surface area (Å²) in [6.45, 7) is 1.62. The van der Waals surface area contributed by atoms with Crippen molar-refractivity contribution in [3.05, 3.63) is 0 Å². The first kappa shape index (κ1) is 6.51. The van der Waals surface area contributed by atoms with Gasteiger partial charge in [-0.1, -0.05) is 0 Å². The molecule has 51 valence electrons. The molecule has 4 nitrogen and oxygen atoms in total. The zero-order chi connectivity index (χ0) is 6.53. The van der Waals surface area contributed by atoms with Crippen LogP contribution in [0.25, 0.3) is 0 Å². The first-order valence-electron chi connectivity index (χ1n) is 2.76. The fourth-order valence-corrected chi connectivity index (χ4v) is 0.650. The number of hydrogen-bond acceptors (Lipinski definition) is 3. The quantitative estimate of drug-likeness (QED) is 0.499. The van der Waals surface area contributed by atoms with Crippen LogP contribution in [0.2, 0.25) is 0 Å². The SMILES string of the molecule is O=[C]NCC1OCCO1. The number of ether oxygens (including phenoxy) is 2. The van der Waals surface area contributed by atoms with Crippen LogP contribution < -0.4 is 5.32 Å². The van der Waals surface area contributed by atoms with E-state index >= 15 is 0 Å². The van der Waals surface area contributed by atoms with Crippen molar-refractivity contribution in [3.8, 4) is 0 Å². The van der Waals surface area contributed by atoms with Gasteiger partial charge in [-0.25, -0.2) is 0 Å². The molecule has 1 fully saturated rings. The molecule has 1 heterocycles. The fourth-order valence-electron chi connectivity index (χ4n) is 0.650. The maximum absolute atomic E-state index is 9.61. The maximum atomic E-state index is 9.61. The number of hydrogen-bond donors (Lipinski definition) is 1. The van der Waals surface area contributed by atoms with Gasteiger partial charge in [0.15, 0.2) is 6.29 Å². The van der Waals surface area contributed by atoms with Crippen LogP contribution in [0.5, 0.6) is 0 Å². The highest BCUT2D eigenvalue weighted by atomic mass is 16.7. The molecule has 0 aromatic heterocycles. The standard InChI is InChI=1S/C5H8NO3/c7-4-6-3-5-8-1-2-9-5/h5H,1-3H2,(H,6,7). The molecular weight excluding hydrogens is 122 g/mol. The molecule has 9 heavy (non-hydrogen) atoms. The molecule has 0 saturated carbocycles. The molecule has 0 bridgehead atoms. The van der Waals surface area contributed by atoms with Gasteiger partial charge in [0.25, 0.3) is 0 Å². The van der Waals surface area contributed by atoms with Crippen molar-refractivity contribution in [2.45, 2.75) is 6.29 Å². The van der Waals surface area contributed by atoms with E-state index in [0.29, 0.717) is 19.8 Å². The minimum absolute atomic E-state index is 0.258. The molecule has 4 heteroatoms. The predicted octanol–water partition coefficient (Wildman–Crippen LogP) is -0.984. The average Bonchev–Trinajstić information content (AvgIpc) is 2.34. The fraction of sp³-hybridized carbons (Fsp3) is 0.800. The molecule has 1 N–H and O–H groups in total. The van der Waals surface area contributed by atoms with Crippen molar-refractivity contribution in [2.24, 2.45) is 0 Å². The minimum Gasteiger partial charge on any atom is -0.348 e. The normalized spacial score (nSPS) is 20.0. The van der Waals surface area contributed by atoms with Gasteiger partial charge in [-0.15, -0.1) is 0 Å². The van der Waals surface area contributed by atoms with Crippen molar-refractivity contribution in [2.75, 3.05) is 19.8 Å². The number of carbonyl (C=O) groups excluding carboxylic acids is 1. The van der Waals surface area contributed by atoms with Gasteiger partial charge in [0.1, 0.15) is 0 Å². The van der Waals surface area contributed by atoms with E-state index in [1.54, 1.807) is 0 Å². The number of nitrogens with one attached hydrogen (secondary N) is 1. The Labute approximate surface area is 53.1 Å². The zero-order valence-corrected chi connectivity index (χ0v) is 4.92. The van der Waals surface area contributed by atoms with Crippen LogP contribution in [-0.2, 0) is 14.3 Å². The third-order valence-electron chi connectivity index (χ3n) is 1.03. The summed E-state index contributed by atoms with van der Waals surface area (Å²) < 4.78 is 9.98. The third kappa shape index (κ3) is 1.99. The van der Waals surface area contributed by atoms with Crippen molar-refractivity contribution in [3.63, 3.8) is 0 Å². The van der Waals surface area contributed by atoms with E-state index in [0.717, 1.165) is 0 Å². The number of amides is 1. The molecule has 1 radical (unpaired) electrons. The molecule has 1 saturated heterocycles. The van der Waals surface area contributed by atoms with E-state index in [2.05, 4.69) is 5.32 Å². The lowest BCUT2D eigenvalue weighted by Gasteiger charge is -2.05. The van der Waals surface area contributed by atoms with Crippen LogP contribution in [0.3, 0.4) is 0 Å². The molecule has 0 unspecified atom stereocenters. The Hall–Kier alpha value is -0.610. The molecule has 1 aliphatic heterocycles. The minimum atomic E-state index is -0.258. The Balaban J connectivity index is 2.04. The molecule has 0 aromatic carbocycles. The molecule has 0 aliphatic carbocycles. The Bertz CT molecular complexity index is 90.2. The largest absolute Gasteiger partial charge is 0.348 e. The van der Waals surface area contributed by atoms with E-state index in [4.69, 9.17) is 9.47 Å². The van der Waals surface area contributed by atoms with Gasteiger partial charge in [-0.3, -0.25) is 4.79 Å². The van der Waals surface area contributed by atoms with Gasteiger partial charge in [-0.2, -0.15) is 0 Å². The van der Waals surface area contributed by atoms with Gasteiger partial charge in [-0.05, 0) is 0 Å². The lowest BCUT2D eigenvalue weighted by Crippen LogP contribution is -2.26. The monoisotopic (exact) mass is 130 g/mol. The Morgan fingerprint density at radius 2 is 2.22 bits per heavy atom. The van der Waals surface area contributed by atoms with Crippen molar-refractivity contribution in [1.29, 1.82) is 0 Å². The van der Waals surface area contributed by atoms with Crippen molar-refractivity contribution in [1.82, 2.24) is 5.32 Å². The van der Waals surface area contributed by atoms with E-state index in [-0.39, 0.29) is 6.29 Å². The van der Waals surface area contributed by atoms with E-state index in [9.17, 15) is 4.79 Å². The molecular formula is C5H8NO3. The third-order valence-corrected chi connectivity index (χ3v) is 1.03. The van der Waals surface area contributed by atoms with Crippen LogP contribution in [0.1, 0.15) is 0 Å². The van der Waals surface area contributed by atoms with Crippen molar-refractivity contribution >= 4 is 6.41 Å². The smallest absolute Gasteiger partial charge is 0.309 e. The second-order valence-corrected chi connectivity index (χ2v) is 1.65. The van der Waals surface area contributed by atoms with Gasteiger partial charge < -0.3 is 14.8 Å². The number of rotatable bonds is 3. The Kier molecular flexibility index (Phi) is 2.48. The molecule has 0 atom stereocenters. The maximum Gasteiger partial charge on any atom is 0.309 e. The second-order valence-electron chi connectivity index (χ2n) is 1.65. The summed E-state index contributed by atoms with van der Waals surface area (Å²) in [5.41, 5.74) is 0. The summed E-state index contributed by atoms with van der Waals surface area (Å²) in [7, 11) is 0. The van der Waals surface area contributed by atoms with Gasteiger partial charge in [0.05, 0.1) is 19.8 Å². The van der Waals surface area contributed by atoms with Crippen LogP contribution in [-0.4, -0.2) is 32.5 Å². The molecule has 1 amide bonds. The predicted molar refractivity (Wildman–Crippen MR) is 29.4 cm³/mol. The van der Waals surface area contributed by atoms with Crippen LogP contribution >= 0.6 is 0 Å². The summed E-state index contributed by atoms with van der Waals surface area (Å²) in [6.07, 6.45) is 1.28. The summed E-state index contributed by atoms with van der Waals surface area (Å²) in [5.74, 6) is 0. The van der Waals surface area contributed by atoms with Crippen LogP contribution in [0.4, 0.5) is 0 Å². The first-order valence-corrected chi connectivity index (χ1v) is 2.76. The molecule has 0 aromatic rings. The summed E-state index contributed by atoms with van der Waals surface area (Å²) >= 11 is 0. The van der Waals surface area contributed by atoms with Gasteiger partial charge in [0.2, 0.25) is 0 Å². The second kappa shape index (κ2) is 3.42. The lowest BCUT2D eigenvalue weighted by molar-refractivity contribution is -0.0362. The Morgan fingerprint density at radius 3 is 2.78 bits per heavy atom. The highest BCUT2D eigenvalue weighted by Crippen LogP contribution is 2.00. The van der Waals surface area contributed by atoms with Crippen LogP contribution in [0, 0.1) is 0 Å². The summed E-state index contributed by atoms with van der Waals surface area (Å²) in [4.78, 5) is 9.61. The van der Waals surface area contributed by atoms with Gasteiger partial charge in [0, 0.05) is 0 Å². The molecule has 1 rings (SSSR count). The Morgan fingerprint density at radius 1 is 1.56 bits per heavy atom. The van der Waals surface area contributed by atoms with Gasteiger partial charge >= 0.3 is 6.41 Å². The highest BCUT2D eigenvalue weighted by molar-refractivity contribution is 5.46. The van der Waals surface area contributed by atoms with E-state index in [1.165, 1.54) is 6.41 Å². The van der Waals surface area contributed by atoms with E-state index in [1.807, 2.05) is 0 Å². The molecule has 0 spiro atoms. The molecule has 1 aliphatic rings. The topological polar surface area (TPSA) is 47.6 Å². The first-order chi connectivity index (χ1) is 4.43. The highest BCUT2D eigenvalue weighted by Gasteiger charge is 2.14.